The molecule has 1 saturated heterocycles. The fourth-order valence-corrected chi connectivity index (χ4v) is 2.84. The maximum atomic E-state index is 6.01. The Kier molecular flexibility index (Phi) is 7.21. The van der Waals surface area contributed by atoms with Gasteiger partial charge in [0.2, 0.25) is 0 Å². The van der Waals surface area contributed by atoms with Gasteiger partial charge in [0, 0.05) is 19.7 Å². The first-order chi connectivity index (χ1) is 8.69. The molecule has 2 rings (SSSR count). The molecule has 19 heavy (non-hydrogen) atoms. The zero-order chi connectivity index (χ0) is 13.0. The highest BCUT2D eigenvalue weighted by molar-refractivity contribution is 7.98. The molecule has 4 nitrogen and oxygen atoms in total. The van der Waals surface area contributed by atoms with Gasteiger partial charge in [-0.25, -0.2) is 9.97 Å². The topological polar surface area (TPSA) is 41.1 Å². The maximum Gasteiger partial charge on any atom is 0.190 e. The quantitative estimate of drug-likeness (QED) is 0.524. The summed E-state index contributed by atoms with van der Waals surface area (Å²) in [4.78, 5) is 10.8. The van der Waals surface area contributed by atoms with Gasteiger partial charge in [0.05, 0.1) is 0 Å². The third kappa shape index (κ3) is 4.99. The monoisotopic (exact) mass is 322 g/mol. The van der Waals surface area contributed by atoms with E-state index in [0.29, 0.717) is 11.1 Å². The minimum Gasteiger partial charge on any atom is -0.359 e. The van der Waals surface area contributed by atoms with Gasteiger partial charge in [-0.1, -0.05) is 23.4 Å². The summed E-state index contributed by atoms with van der Waals surface area (Å²) >= 11 is 7.53. The number of rotatable bonds is 4. The smallest absolute Gasteiger partial charge is 0.190 e. The SMILES string of the molecule is CSc1nc(Cl)cc(N(C)CC2CCCNC2)n1.Cl. The zero-order valence-electron chi connectivity index (χ0n) is 11.2. The molecule has 1 aromatic heterocycles. The lowest BCUT2D eigenvalue weighted by Crippen LogP contribution is -2.37. The van der Waals surface area contributed by atoms with Crippen LogP contribution in [0.5, 0.6) is 0 Å². The summed E-state index contributed by atoms with van der Waals surface area (Å²) in [6, 6.07) is 1.83. The van der Waals surface area contributed by atoms with E-state index in [2.05, 4.69) is 27.2 Å². The molecule has 108 valence electrons. The van der Waals surface area contributed by atoms with E-state index in [0.717, 1.165) is 30.6 Å². The van der Waals surface area contributed by atoms with E-state index < -0.39 is 0 Å². The Bertz CT molecular complexity index is 399. The molecule has 0 radical (unpaired) electrons. The normalized spacial score (nSPS) is 18.8. The molecule has 1 N–H and O–H groups in total. The molecular formula is C12H20Cl2N4S. The minimum atomic E-state index is 0. The fraction of sp³-hybridized carbons (Fsp3) is 0.667. The summed E-state index contributed by atoms with van der Waals surface area (Å²) in [5.41, 5.74) is 0. The average Bonchev–Trinajstić information content (AvgIpc) is 2.39. The lowest BCUT2D eigenvalue weighted by atomic mass is 9.99. The van der Waals surface area contributed by atoms with Crippen LogP contribution < -0.4 is 10.2 Å². The number of nitrogens with one attached hydrogen (secondary N) is 1. The zero-order valence-corrected chi connectivity index (χ0v) is 13.6. The van der Waals surface area contributed by atoms with Crippen molar-refractivity contribution in [3.8, 4) is 0 Å². The second-order valence-electron chi connectivity index (χ2n) is 4.63. The predicted molar refractivity (Wildman–Crippen MR) is 84.9 cm³/mol. The van der Waals surface area contributed by atoms with Crippen molar-refractivity contribution in [3.63, 3.8) is 0 Å². The highest BCUT2D eigenvalue weighted by atomic mass is 35.5. The lowest BCUT2D eigenvalue weighted by Gasteiger charge is -2.28. The van der Waals surface area contributed by atoms with Crippen molar-refractivity contribution < 1.29 is 0 Å². The Morgan fingerprint density at radius 3 is 2.95 bits per heavy atom. The van der Waals surface area contributed by atoms with Crippen LogP contribution in [-0.2, 0) is 0 Å². The third-order valence-corrected chi connectivity index (χ3v) is 3.91. The second kappa shape index (κ2) is 8.15. The number of hydrogen-bond acceptors (Lipinski definition) is 5. The van der Waals surface area contributed by atoms with Crippen LogP contribution in [0.25, 0.3) is 0 Å². The minimum absolute atomic E-state index is 0. The maximum absolute atomic E-state index is 6.01. The van der Waals surface area contributed by atoms with Crippen LogP contribution in [0.4, 0.5) is 5.82 Å². The first-order valence-corrected chi connectivity index (χ1v) is 7.79. The molecule has 0 bridgehead atoms. The number of anilines is 1. The molecule has 1 atom stereocenters. The largest absolute Gasteiger partial charge is 0.359 e. The van der Waals surface area contributed by atoms with Crippen molar-refractivity contribution in [1.82, 2.24) is 15.3 Å². The molecule has 1 aliphatic rings. The number of aromatic nitrogens is 2. The molecule has 0 amide bonds. The van der Waals surface area contributed by atoms with Crippen molar-refractivity contribution in [1.29, 1.82) is 0 Å². The van der Waals surface area contributed by atoms with E-state index in [9.17, 15) is 0 Å². The summed E-state index contributed by atoms with van der Waals surface area (Å²) in [6.07, 6.45) is 4.51. The van der Waals surface area contributed by atoms with E-state index in [4.69, 9.17) is 11.6 Å². The van der Waals surface area contributed by atoms with E-state index in [1.807, 2.05) is 12.3 Å². The molecule has 7 heteroatoms. The number of halogens is 2. The van der Waals surface area contributed by atoms with Crippen molar-refractivity contribution in [3.05, 3.63) is 11.2 Å². The number of nitrogens with zero attached hydrogens (tertiary/aromatic N) is 3. The standard InChI is InChI=1S/C12H19ClN4S.ClH/c1-17(8-9-4-3-5-14-7-9)11-6-10(13)15-12(16-11)18-2;/h6,9,14H,3-5,7-8H2,1-2H3;1H. The molecular weight excluding hydrogens is 303 g/mol. The molecule has 1 fully saturated rings. The molecule has 2 heterocycles. The number of thioether (sulfide) groups is 1. The highest BCUT2D eigenvalue weighted by Crippen LogP contribution is 2.21. The molecule has 0 aromatic carbocycles. The van der Waals surface area contributed by atoms with Crippen LogP contribution >= 0.6 is 35.8 Å². The Morgan fingerprint density at radius 2 is 2.32 bits per heavy atom. The van der Waals surface area contributed by atoms with Crippen LogP contribution in [0.1, 0.15) is 12.8 Å². The molecule has 1 unspecified atom stereocenters. The Morgan fingerprint density at radius 1 is 1.53 bits per heavy atom. The van der Waals surface area contributed by atoms with Gasteiger partial charge >= 0.3 is 0 Å². The van der Waals surface area contributed by atoms with Crippen molar-refractivity contribution in [2.45, 2.75) is 18.0 Å². The summed E-state index contributed by atoms with van der Waals surface area (Å²) in [5, 5.41) is 4.68. The summed E-state index contributed by atoms with van der Waals surface area (Å²) in [6.45, 7) is 3.25. The molecule has 1 aromatic rings. The van der Waals surface area contributed by atoms with Gasteiger partial charge in [0.1, 0.15) is 11.0 Å². The second-order valence-corrected chi connectivity index (χ2v) is 5.79. The highest BCUT2D eigenvalue weighted by Gasteiger charge is 2.16. The van der Waals surface area contributed by atoms with E-state index in [1.165, 1.54) is 24.6 Å². The van der Waals surface area contributed by atoms with E-state index in [-0.39, 0.29) is 12.4 Å². The summed E-state index contributed by atoms with van der Waals surface area (Å²) in [5.74, 6) is 1.60. The predicted octanol–water partition coefficient (Wildman–Crippen LogP) is 2.71. The van der Waals surface area contributed by atoms with E-state index in [1.54, 1.807) is 0 Å². The van der Waals surface area contributed by atoms with Crippen LogP contribution in [0, 0.1) is 5.92 Å². The van der Waals surface area contributed by atoms with Crippen LogP contribution in [0.15, 0.2) is 11.2 Å². The summed E-state index contributed by atoms with van der Waals surface area (Å²) < 4.78 is 0. The number of piperidine rings is 1. The molecule has 0 spiro atoms. The van der Waals surface area contributed by atoms with Crippen molar-refractivity contribution in [2.75, 3.05) is 37.8 Å². The van der Waals surface area contributed by atoms with Gasteiger partial charge in [-0.05, 0) is 38.1 Å². The van der Waals surface area contributed by atoms with Crippen LogP contribution in [-0.4, -0.2) is 42.9 Å². The molecule has 0 aliphatic carbocycles. The number of hydrogen-bond donors (Lipinski definition) is 1. The van der Waals surface area contributed by atoms with Gasteiger partial charge in [-0.2, -0.15) is 0 Å². The Hall–Kier alpha value is -0.230. The Labute approximate surface area is 130 Å². The summed E-state index contributed by atoms with van der Waals surface area (Å²) in [7, 11) is 2.07. The third-order valence-electron chi connectivity index (χ3n) is 3.17. The first-order valence-electron chi connectivity index (χ1n) is 6.19. The van der Waals surface area contributed by atoms with E-state index >= 15 is 0 Å². The van der Waals surface area contributed by atoms with Gasteiger partial charge in [-0.15, -0.1) is 12.4 Å². The molecule has 1 aliphatic heterocycles. The van der Waals surface area contributed by atoms with Crippen molar-refractivity contribution >= 4 is 41.6 Å². The van der Waals surface area contributed by atoms with Crippen LogP contribution in [0.3, 0.4) is 0 Å². The van der Waals surface area contributed by atoms with Gasteiger partial charge in [-0.3, -0.25) is 0 Å². The van der Waals surface area contributed by atoms with Crippen LogP contribution in [0.2, 0.25) is 5.15 Å². The first kappa shape index (κ1) is 16.8. The van der Waals surface area contributed by atoms with Gasteiger partial charge in [0.15, 0.2) is 5.16 Å². The Balaban J connectivity index is 0.00000180. The average molecular weight is 323 g/mol. The lowest BCUT2D eigenvalue weighted by molar-refractivity contribution is 0.380. The van der Waals surface area contributed by atoms with Gasteiger partial charge in [0.25, 0.3) is 0 Å². The fourth-order valence-electron chi connectivity index (χ4n) is 2.23. The van der Waals surface area contributed by atoms with Crippen molar-refractivity contribution in [2.24, 2.45) is 5.92 Å². The molecule has 0 saturated carbocycles. The van der Waals surface area contributed by atoms with Gasteiger partial charge < -0.3 is 10.2 Å².